The zero-order valence-electron chi connectivity index (χ0n) is 10.6. The van der Waals surface area contributed by atoms with Crippen LogP contribution in [0.4, 0.5) is 0 Å². The summed E-state index contributed by atoms with van der Waals surface area (Å²) >= 11 is 7.72. The molecule has 0 aliphatic carbocycles. The van der Waals surface area contributed by atoms with E-state index in [4.69, 9.17) is 21.8 Å². The number of hydrogen-bond acceptors (Lipinski definition) is 4. The predicted molar refractivity (Wildman–Crippen MR) is 83.1 cm³/mol. The molecule has 3 rings (SSSR count). The third kappa shape index (κ3) is 2.68. The molecular formula is C15H13ClN2OS. The summed E-state index contributed by atoms with van der Waals surface area (Å²) in [6, 6.07) is 15.4. The molecule has 20 heavy (non-hydrogen) atoms. The van der Waals surface area contributed by atoms with Crippen LogP contribution in [0.1, 0.15) is 10.8 Å². The lowest BCUT2D eigenvalue weighted by atomic mass is 10.1. The summed E-state index contributed by atoms with van der Waals surface area (Å²) in [5.41, 5.74) is 8.50. The lowest BCUT2D eigenvalue weighted by molar-refractivity contribution is 0.488. The van der Waals surface area contributed by atoms with Gasteiger partial charge in [-0.05, 0) is 23.8 Å². The first-order valence-corrected chi connectivity index (χ1v) is 7.50. The number of thioether (sulfide) groups is 1. The van der Waals surface area contributed by atoms with Crippen molar-refractivity contribution in [1.29, 1.82) is 0 Å². The van der Waals surface area contributed by atoms with Crippen molar-refractivity contribution in [3.05, 3.63) is 59.1 Å². The Morgan fingerprint density at radius 3 is 2.65 bits per heavy atom. The number of fused-ring (bicyclic) bond motifs is 1. The Morgan fingerprint density at radius 2 is 1.90 bits per heavy atom. The van der Waals surface area contributed by atoms with Gasteiger partial charge in [-0.1, -0.05) is 53.7 Å². The summed E-state index contributed by atoms with van der Waals surface area (Å²) < 4.78 is 5.71. The number of halogens is 1. The molecule has 0 aliphatic heterocycles. The maximum atomic E-state index is 6.22. The van der Waals surface area contributed by atoms with Gasteiger partial charge in [0.15, 0.2) is 5.58 Å². The molecule has 1 aromatic heterocycles. The Morgan fingerprint density at radius 1 is 1.15 bits per heavy atom. The fraction of sp³-hybridized carbons (Fsp3) is 0.133. The van der Waals surface area contributed by atoms with Crippen LogP contribution >= 0.6 is 23.4 Å². The average Bonchev–Trinajstić information content (AvgIpc) is 2.88. The first-order valence-electron chi connectivity index (χ1n) is 6.24. The SMILES string of the molecule is NCC(Sc1nc2ccccc2o1)c1ccccc1Cl. The van der Waals surface area contributed by atoms with E-state index in [2.05, 4.69) is 4.98 Å². The zero-order valence-corrected chi connectivity index (χ0v) is 12.2. The topological polar surface area (TPSA) is 52.0 Å². The monoisotopic (exact) mass is 304 g/mol. The molecule has 2 N–H and O–H groups in total. The number of nitrogens with zero attached hydrogens (tertiary/aromatic N) is 1. The van der Waals surface area contributed by atoms with Crippen LogP contribution in [0.3, 0.4) is 0 Å². The van der Waals surface area contributed by atoms with Gasteiger partial charge in [-0.3, -0.25) is 0 Å². The second-order valence-corrected chi connectivity index (χ2v) is 5.87. The molecule has 0 aliphatic rings. The lowest BCUT2D eigenvalue weighted by Crippen LogP contribution is -2.09. The van der Waals surface area contributed by atoms with Gasteiger partial charge in [-0.25, -0.2) is 4.98 Å². The molecule has 0 saturated carbocycles. The molecule has 5 heteroatoms. The van der Waals surface area contributed by atoms with E-state index < -0.39 is 0 Å². The van der Waals surface area contributed by atoms with E-state index in [1.165, 1.54) is 11.8 Å². The van der Waals surface area contributed by atoms with E-state index in [1.54, 1.807) is 0 Å². The Kier molecular flexibility index (Phi) is 3.96. The molecule has 0 saturated heterocycles. The second kappa shape index (κ2) is 5.87. The molecule has 1 heterocycles. The number of hydrogen-bond donors (Lipinski definition) is 1. The van der Waals surface area contributed by atoms with Crippen molar-refractivity contribution in [3.8, 4) is 0 Å². The van der Waals surface area contributed by atoms with E-state index in [1.807, 2.05) is 48.5 Å². The Hall–Kier alpha value is -1.49. The molecule has 0 radical (unpaired) electrons. The van der Waals surface area contributed by atoms with Crippen molar-refractivity contribution in [2.75, 3.05) is 6.54 Å². The minimum atomic E-state index is 0.0248. The van der Waals surface area contributed by atoms with Crippen molar-refractivity contribution < 1.29 is 4.42 Å². The summed E-state index contributed by atoms with van der Waals surface area (Å²) in [4.78, 5) is 4.45. The van der Waals surface area contributed by atoms with Gasteiger partial charge >= 0.3 is 0 Å². The van der Waals surface area contributed by atoms with Gasteiger partial charge in [0, 0.05) is 11.6 Å². The summed E-state index contributed by atoms with van der Waals surface area (Å²) in [6.07, 6.45) is 0. The fourth-order valence-electron chi connectivity index (χ4n) is 2.00. The van der Waals surface area contributed by atoms with E-state index in [9.17, 15) is 0 Å². The van der Waals surface area contributed by atoms with Crippen molar-refractivity contribution >= 4 is 34.5 Å². The lowest BCUT2D eigenvalue weighted by Gasteiger charge is -2.13. The van der Waals surface area contributed by atoms with Crippen LogP contribution in [-0.4, -0.2) is 11.5 Å². The highest BCUT2D eigenvalue weighted by Crippen LogP contribution is 2.38. The predicted octanol–water partition coefficient (Wildman–Crippen LogP) is 4.27. The number of nitrogens with two attached hydrogens (primary N) is 1. The first kappa shape index (κ1) is 13.5. The maximum absolute atomic E-state index is 6.22. The minimum absolute atomic E-state index is 0.0248. The second-order valence-electron chi connectivity index (χ2n) is 4.31. The van der Waals surface area contributed by atoms with Crippen LogP contribution in [0.5, 0.6) is 0 Å². The standard InChI is InChI=1S/C15H13ClN2OS/c16-11-6-2-1-5-10(11)14(9-17)20-15-18-12-7-3-4-8-13(12)19-15/h1-8,14H,9,17H2. The van der Waals surface area contributed by atoms with Crippen molar-refractivity contribution in [3.63, 3.8) is 0 Å². The van der Waals surface area contributed by atoms with Gasteiger partial charge in [-0.15, -0.1) is 0 Å². The van der Waals surface area contributed by atoms with E-state index in [-0.39, 0.29) is 5.25 Å². The van der Waals surface area contributed by atoms with Gasteiger partial charge in [0.25, 0.3) is 5.22 Å². The van der Waals surface area contributed by atoms with Gasteiger partial charge < -0.3 is 10.2 Å². The molecule has 0 amide bonds. The third-order valence-electron chi connectivity index (χ3n) is 2.98. The van der Waals surface area contributed by atoms with Crippen molar-refractivity contribution in [1.82, 2.24) is 4.98 Å². The molecule has 102 valence electrons. The smallest absolute Gasteiger partial charge is 0.257 e. The maximum Gasteiger partial charge on any atom is 0.257 e. The average molecular weight is 305 g/mol. The van der Waals surface area contributed by atoms with Crippen molar-refractivity contribution in [2.24, 2.45) is 5.73 Å². The van der Waals surface area contributed by atoms with Crippen LogP contribution in [0.25, 0.3) is 11.1 Å². The summed E-state index contributed by atoms with van der Waals surface area (Å²) in [5.74, 6) is 0. The molecule has 3 nitrogen and oxygen atoms in total. The fourth-order valence-corrected chi connectivity index (χ4v) is 3.29. The molecule has 0 fully saturated rings. The van der Waals surface area contributed by atoms with E-state index in [0.29, 0.717) is 16.8 Å². The van der Waals surface area contributed by atoms with Crippen LogP contribution in [-0.2, 0) is 0 Å². The van der Waals surface area contributed by atoms with Crippen LogP contribution in [0, 0.1) is 0 Å². The number of rotatable bonds is 4. The molecule has 2 aromatic carbocycles. The van der Waals surface area contributed by atoms with E-state index >= 15 is 0 Å². The number of aromatic nitrogens is 1. The highest BCUT2D eigenvalue weighted by Gasteiger charge is 2.17. The molecule has 1 unspecified atom stereocenters. The minimum Gasteiger partial charge on any atom is -0.431 e. The highest BCUT2D eigenvalue weighted by atomic mass is 35.5. The summed E-state index contributed by atoms with van der Waals surface area (Å²) in [7, 11) is 0. The normalized spacial score (nSPS) is 12.7. The van der Waals surface area contributed by atoms with Gasteiger partial charge in [0.2, 0.25) is 0 Å². The van der Waals surface area contributed by atoms with Crippen molar-refractivity contribution in [2.45, 2.75) is 10.5 Å². The Labute approximate surface area is 126 Å². The molecule has 0 spiro atoms. The number of oxazole rings is 1. The summed E-state index contributed by atoms with van der Waals surface area (Å²) in [5, 5.41) is 1.35. The first-order chi connectivity index (χ1) is 9.78. The molecular weight excluding hydrogens is 292 g/mol. The van der Waals surface area contributed by atoms with E-state index in [0.717, 1.165) is 16.7 Å². The summed E-state index contributed by atoms with van der Waals surface area (Å²) in [6.45, 7) is 0.465. The van der Waals surface area contributed by atoms with Gasteiger partial charge in [-0.2, -0.15) is 0 Å². The highest BCUT2D eigenvalue weighted by molar-refractivity contribution is 7.99. The third-order valence-corrected chi connectivity index (χ3v) is 4.43. The van der Waals surface area contributed by atoms with Gasteiger partial charge in [0.05, 0.1) is 5.25 Å². The molecule has 0 bridgehead atoms. The zero-order chi connectivity index (χ0) is 13.9. The number of benzene rings is 2. The Bertz CT molecular complexity index is 695. The van der Waals surface area contributed by atoms with Crippen LogP contribution < -0.4 is 5.73 Å². The van der Waals surface area contributed by atoms with Crippen LogP contribution in [0.2, 0.25) is 5.02 Å². The van der Waals surface area contributed by atoms with Crippen LogP contribution in [0.15, 0.2) is 58.2 Å². The quantitative estimate of drug-likeness (QED) is 0.731. The Balaban J connectivity index is 1.90. The number of para-hydroxylation sites is 2. The van der Waals surface area contributed by atoms with Gasteiger partial charge in [0.1, 0.15) is 5.52 Å². The molecule has 1 atom stereocenters. The largest absolute Gasteiger partial charge is 0.431 e. The molecule has 3 aromatic rings.